The largest absolute Gasteiger partial charge is 0.347 e. The van der Waals surface area contributed by atoms with Gasteiger partial charge in [0.05, 0.1) is 10.9 Å². The lowest BCUT2D eigenvalue weighted by atomic mass is 10.2. The number of carbonyl (C=O) groups excluding carboxylic acids is 2. The molecule has 3 unspecified atom stereocenters. The summed E-state index contributed by atoms with van der Waals surface area (Å²) in [5, 5.41) is 2.93. The quantitative estimate of drug-likeness (QED) is 0.873. The SMILES string of the molecule is CC(NC(=O)C1CSC2(C)CCC(=O)N12)c1ncc[nH]1. The Morgan fingerprint density at radius 1 is 1.70 bits per heavy atom. The third-order valence-electron chi connectivity index (χ3n) is 4.04. The number of fused-ring (bicyclic) bond motifs is 1. The zero-order chi connectivity index (χ0) is 14.3. The molecule has 0 spiro atoms. The number of nitrogens with one attached hydrogen (secondary N) is 2. The highest BCUT2D eigenvalue weighted by molar-refractivity contribution is 8.01. The molecule has 0 aliphatic carbocycles. The van der Waals surface area contributed by atoms with E-state index in [-0.39, 0.29) is 28.8 Å². The predicted molar refractivity (Wildman–Crippen MR) is 75.9 cm³/mol. The fourth-order valence-electron chi connectivity index (χ4n) is 2.91. The van der Waals surface area contributed by atoms with Crippen molar-refractivity contribution in [3.63, 3.8) is 0 Å². The number of H-pyrrole nitrogens is 1. The number of nitrogens with zero attached hydrogens (tertiary/aromatic N) is 2. The molecule has 2 amide bonds. The Labute approximate surface area is 121 Å². The van der Waals surface area contributed by atoms with Gasteiger partial charge < -0.3 is 15.2 Å². The van der Waals surface area contributed by atoms with Crippen LogP contribution in [0.3, 0.4) is 0 Å². The first-order chi connectivity index (χ1) is 9.51. The van der Waals surface area contributed by atoms with Crippen molar-refractivity contribution in [2.75, 3.05) is 5.75 Å². The number of aromatic nitrogens is 2. The highest BCUT2D eigenvalue weighted by Gasteiger charge is 2.52. The number of hydrogen-bond acceptors (Lipinski definition) is 4. The minimum Gasteiger partial charge on any atom is -0.347 e. The Morgan fingerprint density at radius 2 is 2.50 bits per heavy atom. The number of hydrogen-bond donors (Lipinski definition) is 2. The molecule has 20 heavy (non-hydrogen) atoms. The highest BCUT2D eigenvalue weighted by Crippen LogP contribution is 2.47. The number of amides is 2. The Hall–Kier alpha value is -1.50. The van der Waals surface area contributed by atoms with Crippen molar-refractivity contribution in [2.24, 2.45) is 0 Å². The summed E-state index contributed by atoms with van der Waals surface area (Å²) >= 11 is 1.70. The highest BCUT2D eigenvalue weighted by atomic mass is 32.2. The number of rotatable bonds is 3. The summed E-state index contributed by atoms with van der Waals surface area (Å²) in [6, 6.07) is -0.551. The van der Waals surface area contributed by atoms with Gasteiger partial charge in [-0.05, 0) is 20.3 Å². The van der Waals surface area contributed by atoms with Crippen LogP contribution in [0, 0.1) is 0 Å². The van der Waals surface area contributed by atoms with E-state index < -0.39 is 0 Å². The van der Waals surface area contributed by atoms with Crippen LogP contribution in [0.25, 0.3) is 0 Å². The number of imidazole rings is 1. The van der Waals surface area contributed by atoms with Gasteiger partial charge in [0.25, 0.3) is 0 Å². The number of aromatic amines is 1. The lowest BCUT2D eigenvalue weighted by molar-refractivity contribution is -0.138. The molecule has 2 N–H and O–H groups in total. The molecular weight excluding hydrogens is 276 g/mol. The molecule has 2 aliphatic rings. The van der Waals surface area contributed by atoms with Crippen LogP contribution in [0.2, 0.25) is 0 Å². The van der Waals surface area contributed by atoms with Crippen molar-refractivity contribution >= 4 is 23.6 Å². The average molecular weight is 294 g/mol. The third kappa shape index (κ3) is 2.09. The van der Waals surface area contributed by atoms with Crippen molar-refractivity contribution in [1.29, 1.82) is 0 Å². The smallest absolute Gasteiger partial charge is 0.244 e. The summed E-state index contributed by atoms with van der Waals surface area (Å²) in [4.78, 5) is 33.1. The van der Waals surface area contributed by atoms with Crippen molar-refractivity contribution in [1.82, 2.24) is 20.2 Å². The Kier molecular flexibility index (Phi) is 3.24. The Balaban J connectivity index is 1.70. The first-order valence-corrected chi connectivity index (χ1v) is 7.75. The maximum atomic E-state index is 12.4. The lowest BCUT2D eigenvalue weighted by Crippen LogP contribution is -2.50. The fourth-order valence-corrected chi connectivity index (χ4v) is 4.34. The molecule has 2 aliphatic heterocycles. The van der Waals surface area contributed by atoms with Crippen LogP contribution in [-0.4, -0.2) is 43.3 Å². The standard InChI is InChI=1S/C13H18N4O2S/c1-8(11-14-5-6-15-11)16-12(19)9-7-20-13(2)4-3-10(18)17(9)13/h5-6,8-9H,3-4,7H2,1-2H3,(H,14,15)(H,16,19). The second-order valence-electron chi connectivity index (χ2n) is 5.47. The molecule has 6 nitrogen and oxygen atoms in total. The molecule has 2 saturated heterocycles. The zero-order valence-electron chi connectivity index (χ0n) is 11.5. The van der Waals surface area contributed by atoms with E-state index in [1.807, 2.05) is 13.8 Å². The Morgan fingerprint density at radius 3 is 3.20 bits per heavy atom. The van der Waals surface area contributed by atoms with E-state index in [0.29, 0.717) is 12.2 Å². The molecule has 3 heterocycles. The second kappa shape index (κ2) is 4.80. The number of carbonyl (C=O) groups is 2. The first kappa shape index (κ1) is 13.5. The van der Waals surface area contributed by atoms with Gasteiger partial charge in [-0.1, -0.05) is 0 Å². The van der Waals surface area contributed by atoms with E-state index in [1.54, 1.807) is 29.1 Å². The van der Waals surface area contributed by atoms with Crippen molar-refractivity contribution < 1.29 is 9.59 Å². The summed E-state index contributed by atoms with van der Waals surface area (Å²) in [6.07, 6.45) is 4.75. The molecule has 0 aromatic carbocycles. The summed E-state index contributed by atoms with van der Waals surface area (Å²) in [5.41, 5.74) is 0. The molecule has 0 radical (unpaired) electrons. The normalized spacial score (nSPS) is 30.4. The van der Waals surface area contributed by atoms with Gasteiger partial charge in [-0.2, -0.15) is 0 Å². The molecule has 3 rings (SSSR count). The zero-order valence-corrected chi connectivity index (χ0v) is 12.4. The van der Waals surface area contributed by atoms with Gasteiger partial charge in [0, 0.05) is 24.6 Å². The van der Waals surface area contributed by atoms with Gasteiger partial charge in [0.1, 0.15) is 11.9 Å². The minimum absolute atomic E-state index is 0.0864. The van der Waals surface area contributed by atoms with Gasteiger partial charge >= 0.3 is 0 Å². The van der Waals surface area contributed by atoms with Crippen LogP contribution < -0.4 is 5.32 Å². The van der Waals surface area contributed by atoms with Crippen LogP contribution in [0.1, 0.15) is 38.6 Å². The monoisotopic (exact) mass is 294 g/mol. The van der Waals surface area contributed by atoms with Crippen LogP contribution in [0.4, 0.5) is 0 Å². The fraction of sp³-hybridized carbons (Fsp3) is 0.615. The van der Waals surface area contributed by atoms with Gasteiger partial charge in [-0.15, -0.1) is 11.8 Å². The van der Waals surface area contributed by atoms with E-state index in [9.17, 15) is 9.59 Å². The van der Waals surface area contributed by atoms with Crippen molar-refractivity contribution in [2.45, 2.75) is 43.6 Å². The average Bonchev–Trinajstić information content (AvgIpc) is 3.08. The summed E-state index contributed by atoms with van der Waals surface area (Å²) < 4.78 is 0. The predicted octanol–water partition coefficient (Wildman–Crippen LogP) is 1.04. The molecule has 2 fully saturated rings. The van der Waals surface area contributed by atoms with E-state index in [0.717, 1.165) is 12.2 Å². The molecule has 0 bridgehead atoms. The summed E-state index contributed by atoms with van der Waals surface area (Å²) in [6.45, 7) is 3.93. The lowest BCUT2D eigenvalue weighted by Gasteiger charge is -2.30. The second-order valence-corrected chi connectivity index (χ2v) is 6.97. The van der Waals surface area contributed by atoms with Gasteiger partial charge in [-0.25, -0.2) is 4.98 Å². The molecule has 3 atom stereocenters. The van der Waals surface area contributed by atoms with Crippen LogP contribution >= 0.6 is 11.8 Å². The van der Waals surface area contributed by atoms with Crippen LogP contribution in [0.5, 0.6) is 0 Å². The van der Waals surface area contributed by atoms with E-state index >= 15 is 0 Å². The van der Waals surface area contributed by atoms with Gasteiger partial charge in [-0.3, -0.25) is 9.59 Å². The maximum absolute atomic E-state index is 12.4. The molecule has 7 heteroatoms. The van der Waals surface area contributed by atoms with Gasteiger partial charge in [0.15, 0.2) is 0 Å². The molecule has 0 saturated carbocycles. The van der Waals surface area contributed by atoms with Crippen LogP contribution in [0.15, 0.2) is 12.4 Å². The maximum Gasteiger partial charge on any atom is 0.244 e. The molecule has 108 valence electrons. The molecule has 1 aromatic heterocycles. The minimum atomic E-state index is -0.364. The van der Waals surface area contributed by atoms with E-state index in [4.69, 9.17) is 0 Å². The van der Waals surface area contributed by atoms with E-state index in [2.05, 4.69) is 15.3 Å². The summed E-state index contributed by atoms with van der Waals surface area (Å²) in [5.74, 6) is 1.38. The van der Waals surface area contributed by atoms with Crippen molar-refractivity contribution in [3.8, 4) is 0 Å². The topological polar surface area (TPSA) is 78.1 Å². The van der Waals surface area contributed by atoms with Gasteiger partial charge in [0.2, 0.25) is 11.8 Å². The Bertz CT molecular complexity index is 532. The number of thioether (sulfide) groups is 1. The van der Waals surface area contributed by atoms with E-state index in [1.165, 1.54) is 0 Å². The molecular formula is C13H18N4O2S. The first-order valence-electron chi connectivity index (χ1n) is 6.77. The van der Waals surface area contributed by atoms with Crippen molar-refractivity contribution in [3.05, 3.63) is 18.2 Å². The third-order valence-corrected chi connectivity index (χ3v) is 5.54. The molecule has 1 aromatic rings. The van der Waals surface area contributed by atoms with Crippen LogP contribution in [-0.2, 0) is 9.59 Å². The summed E-state index contributed by atoms with van der Waals surface area (Å²) in [7, 11) is 0.